The highest BCUT2D eigenvalue weighted by molar-refractivity contribution is 5.91. The van der Waals surface area contributed by atoms with Gasteiger partial charge in [0, 0.05) is 7.05 Å². The standard InChI is InChI=1S/C5H9N3O/c1-8-5(9)3-2-4(6)7-8/h2-3,5,9H,1H3,(H2,6,7). The quantitative estimate of drug-likeness (QED) is 0.442. The maximum atomic E-state index is 8.97. The van der Waals surface area contributed by atoms with Crippen LogP contribution in [0, 0.1) is 0 Å². The fourth-order valence-electron chi connectivity index (χ4n) is 0.584. The number of hydrogen-bond donors (Lipinski definition) is 2. The third-order valence-electron chi connectivity index (χ3n) is 1.10. The highest BCUT2D eigenvalue weighted by Crippen LogP contribution is 1.99. The number of hydrogen-bond acceptors (Lipinski definition) is 4. The maximum absolute atomic E-state index is 8.97. The van der Waals surface area contributed by atoms with E-state index in [1.54, 1.807) is 19.2 Å². The predicted octanol–water partition coefficient (Wildman–Crippen LogP) is -0.921. The Morgan fingerprint density at radius 2 is 2.56 bits per heavy atom. The van der Waals surface area contributed by atoms with Crippen LogP contribution in [0.1, 0.15) is 0 Å². The summed E-state index contributed by atoms with van der Waals surface area (Å²) in [5.74, 6) is 0.419. The van der Waals surface area contributed by atoms with Gasteiger partial charge >= 0.3 is 0 Å². The van der Waals surface area contributed by atoms with Crippen LogP contribution in [0.15, 0.2) is 17.3 Å². The van der Waals surface area contributed by atoms with Crippen molar-refractivity contribution in [3.63, 3.8) is 0 Å². The lowest BCUT2D eigenvalue weighted by molar-refractivity contribution is 0.0632. The molecule has 0 fully saturated rings. The van der Waals surface area contributed by atoms with E-state index in [0.717, 1.165) is 0 Å². The van der Waals surface area contributed by atoms with Crippen LogP contribution in [0.2, 0.25) is 0 Å². The van der Waals surface area contributed by atoms with Gasteiger partial charge < -0.3 is 10.8 Å². The molecule has 0 aromatic carbocycles. The number of amidine groups is 1. The molecule has 0 spiro atoms. The van der Waals surface area contributed by atoms with E-state index in [-0.39, 0.29) is 0 Å². The zero-order valence-electron chi connectivity index (χ0n) is 5.15. The largest absolute Gasteiger partial charge is 0.382 e. The molecule has 1 aliphatic heterocycles. The molecule has 1 rings (SSSR count). The summed E-state index contributed by atoms with van der Waals surface area (Å²) in [6.07, 6.45) is 2.52. The van der Waals surface area contributed by atoms with E-state index in [4.69, 9.17) is 10.8 Å². The maximum Gasteiger partial charge on any atom is 0.161 e. The van der Waals surface area contributed by atoms with Crippen molar-refractivity contribution in [1.29, 1.82) is 0 Å². The molecule has 0 aliphatic carbocycles. The molecule has 4 nitrogen and oxygen atoms in total. The first-order valence-corrected chi connectivity index (χ1v) is 2.63. The third kappa shape index (κ3) is 1.20. The number of nitrogens with zero attached hydrogens (tertiary/aromatic N) is 2. The Morgan fingerprint density at radius 1 is 1.89 bits per heavy atom. The van der Waals surface area contributed by atoms with Gasteiger partial charge in [0.05, 0.1) is 0 Å². The minimum absolute atomic E-state index is 0.419. The molecule has 4 heteroatoms. The molecule has 0 bridgehead atoms. The van der Waals surface area contributed by atoms with Gasteiger partial charge in [-0.1, -0.05) is 0 Å². The van der Waals surface area contributed by atoms with Crippen LogP contribution in [0.25, 0.3) is 0 Å². The van der Waals surface area contributed by atoms with Crippen LogP contribution < -0.4 is 5.73 Å². The lowest BCUT2D eigenvalue weighted by atomic mass is 10.4. The fraction of sp³-hybridized carbons (Fsp3) is 0.400. The zero-order valence-corrected chi connectivity index (χ0v) is 5.15. The summed E-state index contributed by atoms with van der Waals surface area (Å²) in [5, 5.41) is 14.1. The molecule has 3 N–H and O–H groups in total. The van der Waals surface area contributed by atoms with Gasteiger partial charge in [-0.3, -0.25) is 5.01 Å². The Kier molecular flexibility index (Phi) is 1.40. The normalized spacial score (nSPS) is 26.2. The monoisotopic (exact) mass is 127 g/mol. The van der Waals surface area contributed by atoms with Gasteiger partial charge in [-0.15, -0.1) is 0 Å². The van der Waals surface area contributed by atoms with E-state index >= 15 is 0 Å². The van der Waals surface area contributed by atoms with Crippen molar-refractivity contribution in [2.45, 2.75) is 6.23 Å². The number of nitrogens with two attached hydrogens (primary N) is 1. The average molecular weight is 127 g/mol. The number of likely N-dealkylation sites (N-methyl/N-ethyl adjacent to an activating group) is 1. The number of rotatable bonds is 0. The third-order valence-corrected chi connectivity index (χ3v) is 1.10. The van der Waals surface area contributed by atoms with Gasteiger partial charge in [0.25, 0.3) is 0 Å². The molecular weight excluding hydrogens is 118 g/mol. The Hall–Kier alpha value is -1.03. The van der Waals surface area contributed by atoms with Crippen molar-refractivity contribution < 1.29 is 5.11 Å². The molecule has 0 amide bonds. The summed E-state index contributed by atoms with van der Waals surface area (Å²) in [7, 11) is 1.65. The Labute approximate surface area is 53.3 Å². The van der Waals surface area contributed by atoms with Crippen LogP contribution >= 0.6 is 0 Å². The first-order valence-electron chi connectivity index (χ1n) is 2.63. The minimum atomic E-state index is -0.628. The van der Waals surface area contributed by atoms with Crippen molar-refractivity contribution in [1.82, 2.24) is 5.01 Å². The van der Waals surface area contributed by atoms with Gasteiger partial charge in [-0.05, 0) is 12.2 Å². The number of aliphatic hydroxyl groups is 1. The molecule has 0 radical (unpaired) electrons. The van der Waals surface area contributed by atoms with Crippen molar-refractivity contribution in [2.24, 2.45) is 10.8 Å². The van der Waals surface area contributed by atoms with Gasteiger partial charge in [0.1, 0.15) is 5.84 Å². The minimum Gasteiger partial charge on any atom is -0.382 e. The Morgan fingerprint density at radius 3 is 3.00 bits per heavy atom. The van der Waals surface area contributed by atoms with Crippen LogP contribution in [0.3, 0.4) is 0 Å². The van der Waals surface area contributed by atoms with E-state index in [9.17, 15) is 0 Å². The molecule has 1 unspecified atom stereocenters. The summed E-state index contributed by atoms with van der Waals surface area (Å²) >= 11 is 0. The van der Waals surface area contributed by atoms with Crippen LogP contribution in [-0.4, -0.2) is 29.2 Å². The molecule has 1 aliphatic rings. The lowest BCUT2D eigenvalue weighted by Crippen LogP contribution is -2.31. The zero-order chi connectivity index (χ0) is 6.85. The van der Waals surface area contributed by atoms with Gasteiger partial charge in [-0.25, -0.2) is 0 Å². The highest BCUT2D eigenvalue weighted by Gasteiger charge is 2.07. The Balaban J connectivity index is 2.70. The van der Waals surface area contributed by atoms with E-state index in [1.807, 2.05) is 0 Å². The highest BCUT2D eigenvalue weighted by atomic mass is 16.3. The van der Waals surface area contributed by atoms with Gasteiger partial charge in [0.2, 0.25) is 0 Å². The molecule has 0 aromatic rings. The molecule has 0 aromatic heterocycles. The molecule has 1 heterocycles. The van der Waals surface area contributed by atoms with E-state index < -0.39 is 6.23 Å². The fourth-order valence-corrected chi connectivity index (χ4v) is 0.584. The van der Waals surface area contributed by atoms with E-state index in [0.29, 0.717) is 5.84 Å². The molecule has 0 saturated heterocycles. The second-order valence-electron chi connectivity index (χ2n) is 1.87. The second-order valence-corrected chi connectivity index (χ2v) is 1.87. The Bertz CT molecular complexity index is 164. The number of aliphatic hydroxyl groups excluding tert-OH is 1. The summed E-state index contributed by atoms with van der Waals surface area (Å²) in [4.78, 5) is 0. The van der Waals surface area contributed by atoms with Crippen molar-refractivity contribution in [2.75, 3.05) is 7.05 Å². The molecule has 9 heavy (non-hydrogen) atoms. The molecule has 1 atom stereocenters. The van der Waals surface area contributed by atoms with Crippen molar-refractivity contribution in [3.8, 4) is 0 Å². The van der Waals surface area contributed by atoms with Gasteiger partial charge in [-0.2, -0.15) is 5.10 Å². The first-order chi connectivity index (χ1) is 4.20. The van der Waals surface area contributed by atoms with Crippen LogP contribution in [0.4, 0.5) is 0 Å². The number of hydrazone groups is 1. The predicted molar refractivity (Wildman–Crippen MR) is 34.5 cm³/mol. The molecule has 50 valence electrons. The van der Waals surface area contributed by atoms with E-state index in [2.05, 4.69) is 5.10 Å². The van der Waals surface area contributed by atoms with Crippen molar-refractivity contribution >= 4 is 5.84 Å². The summed E-state index contributed by atoms with van der Waals surface area (Å²) in [6.45, 7) is 0. The average Bonchev–Trinajstić information content (AvgIpc) is 1.80. The van der Waals surface area contributed by atoms with Crippen LogP contribution in [0.5, 0.6) is 0 Å². The van der Waals surface area contributed by atoms with Crippen molar-refractivity contribution in [3.05, 3.63) is 12.2 Å². The topological polar surface area (TPSA) is 61.8 Å². The van der Waals surface area contributed by atoms with Gasteiger partial charge in [0.15, 0.2) is 6.23 Å². The molecular formula is C5H9N3O. The first kappa shape index (κ1) is 6.10. The summed E-state index contributed by atoms with van der Waals surface area (Å²) in [6, 6.07) is 0. The lowest BCUT2D eigenvalue weighted by Gasteiger charge is -2.20. The second kappa shape index (κ2) is 2.06. The summed E-state index contributed by atoms with van der Waals surface area (Å²) < 4.78 is 0. The van der Waals surface area contributed by atoms with E-state index in [1.165, 1.54) is 5.01 Å². The van der Waals surface area contributed by atoms with Crippen LogP contribution in [-0.2, 0) is 0 Å². The summed E-state index contributed by atoms with van der Waals surface area (Å²) in [5.41, 5.74) is 5.30. The smallest absolute Gasteiger partial charge is 0.161 e. The SMILES string of the molecule is CN1N=C(N)C=CC1O. The molecule has 0 saturated carbocycles.